The van der Waals surface area contributed by atoms with Crippen LogP contribution in [0, 0.1) is 5.92 Å². The molecule has 0 radical (unpaired) electrons. The van der Waals surface area contributed by atoms with Crippen LogP contribution < -0.4 is 11.1 Å². The second-order valence-corrected chi connectivity index (χ2v) is 4.29. The van der Waals surface area contributed by atoms with Crippen LogP contribution in [0.5, 0.6) is 0 Å². The quantitative estimate of drug-likeness (QED) is 0.722. The maximum Gasteiger partial charge on any atom is 0.0418 e. The minimum Gasteiger partial charge on any atom is -0.398 e. The van der Waals surface area contributed by atoms with Gasteiger partial charge >= 0.3 is 0 Å². The highest BCUT2D eigenvalue weighted by atomic mass is 14.8. The number of aromatic nitrogens is 1. The van der Waals surface area contributed by atoms with E-state index in [1.165, 1.54) is 0 Å². The van der Waals surface area contributed by atoms with Crippen molar-refractivity contribution in [3.8, 4) is 0 Å². The average molecular weight is 219 g/mol. The molecule has 0 saturated carbocycles. The molecule has 88 valence electrons. The number of anilines is 1. The Morgan fingerprint density at radius 2 is 2.31 bits per heavy atom. The Kier molecular flexibility index (Phi) is 5.57. The third kappa shape index (κ3) is 4.94. The summed E-state index contributed by atoms with van der Waals surface area (Å²) in [5.74, 6) is 0.706. The van der Waals surface area contributed by atoms with Crippen molar-refractivity contribution in [3.63, 3.8) is 0 Å². The number of nitrogens with zero attached hydrogens (tertiary/aromatic N) is 1. The Labute approximate surface area is 97.8 Å². The first-order valence-electron chi connectivity index (χ1n) is 5.77. The molecule has 0 spiro atoms. The van der Waals surface area contributed by atoms with Gasteiger partial charge in [-0.3, -0.25) is 4.98 Å². The molecule has 0 aromatic carbocycles. The number of rotatable bonds is 6. The van der Waals surface area contributed by atoms with Crippen molar-refractivity contribution in [2.45, 2.75) is 20.3 Å². The van der Waals surface area contributed by atoms with E-state index in [4.69, 9.17) is 5.73 Å². The summed E-state index contributed by atoms with van der Waals surface area (Å²) in [6.45, 7) is 6.50. The molecule has 0 atom stereocenters. The van der Waals surface area contributed by atoms with E-state index in [-0.39, 0.29) is 0 Å². The van der Waals surface area contributed by atoms with E-state index in [1.807, 2.05) is 12.1 Å². The molecule has 0 bridgehead atoms. The fraction of sp³-hybridized carbons (Fsp3) is 0.462. The van der Waals surface area contributed by atoms with E-state index in [0.29, 0.717) is 5.92 Å². The fourth-order valence-electron chi connectivity index (χ4n) is 1.34. The summed E-state index contributed by atoms with van der Waals surface area (Å²) in [5.41, 5.74) is 7.57. The van der Waals surface area contributed by atoms with Gasteiger partial charge in [0.15, 0.2) is 0 Å². The number of nitrogen functional groups attached to an aromatic ring is 1. The van der Waals surface area contributed by atoms with E-state index in [1.54, 1.807) is 12.4 Å². The first kappa shape index (κ1) is 12.7. The standard InChI is InChI=1S/C13H21N3/c1-11(2)9-15-7-4-3-5-12-10-16-8-6-13(12)14/h3,5-6,8,10-11,15H,4,7,9H2,1-2H3,(H2,14,16). The number of nitrogens with one attached hydrogen (secondary N) is 1. The first-order chi connectivity index (χ1) is 7.70. The SMILES string of the molecule is CC(C)CNCCC=Cc1cnccc1N. The third-order valence-electron chi connectivity index (χ3n) is 2.22. The van der Waals surface area contributed by atoms with Gasteiger partial charge < -0.3 is 11.1 Å². The smallest absolute Gasteiger partial charge is 0.0418 e. The van der Waals surface area contributed by atoms with Crippen LogP contribution in [-0.4, -0.2) is 18.1 Å². The lowest BCUT2D eigenvalue weighted by Crippen LogP contribution is -2.20. The Balaban J connectivity index is 2.25. The lowest BCUT2D eigenvalue weighted by Gasteiger charge is -2.05. The normalized spacial score (nSPS) is 11.4. The zero-order chi connectivity index (χ0) is 11.8. The predicted molar refractivity (Wildman–Crippen MR) is 70.0 cm³/mol. The van der Waals surface area contributed by atoms with Crippen LogP contribution in [0.3, 0.4) is 0 Å². The van der Waals surface area contributed by atoms with E-state index in [2.05, 4.69) is 30.2 Å². The molecular weight excluding hydrogens is 198 g/mol. The summed E-state index contributed by atoms with van der Waals surface area (Å²) >= 11 is 0. The lowest BCUT2D eigenvalue weighted by atomic mass is 10.2. The topological polar surface area (TPSA) is 50.9 Å². The van der Waals surface area contributed by atoms with Gasteiger partial charge in [0.25, 0.3) is 0 Å². The maximum atomic E-state index is 5.79. The largest absolute Gasteiger partial charge is 0.398 e. The van der Waals surface area contributed by atoms with Crippen molar-refractivity contribution >= 4 is 11.8 Å². The second-order valence-electron chi connectivity index (χ2n) is 4.29. The maximum absolute atomic E-state index is 5.79. The molecule has 1 rings (SSSR count). The summed E-state index contributed by atoms with van der Waals surface area (Å²) in [6, 6.07) is 1.82. The van der Waals surface area contributed by atoms with E-state index in [9.17, 15) is 0 Å². The molecule has 0 unspecified atom stereocenters. The van der Waals surface area contributed by atoms with Crippen molar-refractivity contribution in [3.05, 3.63) is 30.1 Å². The van der Waals surface area contributed by atoms with Crippen LogP contribution in [-0.2, 0) is 0 Å². The molecule has 16 heavy (non-hydrogen) atoms. The summed E-state index contributed by atoms with van der Waals surface area (Å²) in [4.78, 5) is 4.04. The number of nitrogens with two attached hydrogens (primary N) is 1. The highest BCUT2D eigenvalue weighted by Crippen LogP contribution is 2.10. The molecule has 1 aromatic rings. The van der Waals surface area contributed by atoms with Crippen molar-refractivity contribution in [2.24, 2.45) is 5.92 Å². The van der Waals surface area contributed by atoms with Gasteiger partial charge in [-0.05, 0) is 31.5 Å². The van der Waals surface area contributed by atoms with Crippen molar-refractivity contribution in [1.82, 2.24) is 10.3 Å². The molecular formula is C13H21N3. The minimum atomic E-state index is 0.706. The van der Waals surface area contributed by atoms with Crippen LogP contribution >= 0.6 is 0 Å². The van der Waals surface area contributed by atoms with E-state index >= 15 is 0 Å². The summed E-state index contributed by atoms with van der Waals surface area (Å²) in [7, 11) is 0. The number of hydrogen-bond donors (Lipinski definition) is 2. The second kappa shape index (κ2) is 7.01. The molecule has 0 saturated heterocycles. The third-order valence-corrected chi connectivity index (χ3v) is 2.22. The zero-order valence-corrected chi connectivity index (χ0v) is 10.1. The first-order valence-corrected chi connectivity index (χ1v) is 5.77. The van der Waals surface area contributed by atoms with Gasteiger partial charge in [0.2, 0.25) is 0 Å². The fourth-order valence-corrected chi connectivity index (χ4v) is 1.34. The highest BCUT2D eigenvalue weighted by molar-refractivity contribution is 5.62. The van der Waals surface area contributed by atoms with Crippen molar-refractivity contribution in [2.75, 3.05) is 18.8 Å². The molecule has 0 aliphatic rings. The van der Waals surface area contributed by atoms with Gasteiger partial charge in [-0.15, -0.1) is 0 Å². The monoisotopic (exact) mass is 219 g/mol. The van der Waals surface area contributed by atoms with Gasteiger partial charge in [0.1, 0.15) is 0 Å². The van der Waals surface area contributed by atoms with E-state index < -0.39 is 0 Å². The molecule has 3 heteroatoms. The average Bonchev–Trinajstić information content (AvgIpc) is 2.25. The lowest BCUT2D eigenvalue weighted by molar-refractivity contribution is 0.557. The van der Waals surface area contributed by atoms with Gasteiger partial charge in [0.05, 0.1) is 0 Å². The van der Waals surface area contributed by atoms with E-state index in [0.717, 1.165) is 30.8 Å². The minimum absolute atomic E-state index is 0.706. The molecule has 1 heterocycles. The van der Waals surface area contributed by atoms with Crippen molar-refractivity contribution in [1.29, 1.82) is 0 Å². The molecule has 3 nitrogen and oxygen atoms in total. The molecule has 0 amide bonds. The van der Waals surface area contributed by atoms with Gasteiger partial charge in [-0.25, -0.2) is 0 Å². The Morgan fingerprint density at radius 3 is 3.00 bits per heavy atom. The van der Waals surface area contributed by atoms with Crippen LogP contribution in [0.25, 0.3) is 6.08 Å². The van der Waals surface area contributed by atoms with Crippen LogP contribution in [0.2, 0.25) is 0 Å². The summed E-state index contributed by atoms with van der Waals surface area (Å²) in [5, 5.41) is 3.39. The van der Waals surface area contributed by atoms with Gasteiger partial charge in [-0.1, -0.05) is 26.0 Å². The molecule has 0 aliphatic carbocycles. The Bertz CT molecular complexity index is 332. The summed E-state index contributed by atoms with van der Waals surface area (Å²) in [6.07, 6.45) is 8.66. The Morgan fingerprint density at radius 1 is 1.50 bits per heavy atom. The molecule has 0 aliphatic heterocycles. The van der Waals surface area contributed by atoms with Gasteiger partial charge in [0, 0.05) is 23.6 Å². The van der Waals surface area contributed by atoms with Crippen molar-refractivity contribution < 1.29 is 0 Å². The molecule has 0 fully saturated rings. The number of pyridine rings is 1. The van der Waals surface area contributed by atoms with Crippen LogP contribution in [0.15, 0.2) is 24.5 Å². The Hall–Kier alpha value is -1.35. The molecule has 3 N–H and O–H groups in total. The highest BCUT2D eigenvalue weighted by Gasteiger charge is 1.93. The van der Waals surface area contributed by atoms with Crippen LogP contribution in [0.4, 0.5) is 5.69 Å². The molecule has 1 aromatic heterocycles. The van der Waals surface area contributed by atoms with Crippen LogP contribution in [0.1, 0.15) is 25.8 Å². The predicted octanol–water partition coefficient (Wildman–Crippen LogP) is 2.31. The summed E-state index contributed by atoms with van der Waals surface area (Å²) < 4.78 is 0. The number of hydrogen-bond acceptors (Lipinski definition) is 3. The van der Waals surface area contributed by atoms with Gasteiger partial charge in [-0.2, -0.15) is 0 Å². The zero-order valence-electron chi connectivity index (χ0n) is 10.1.